The molecule has 0 fully saturated rings. The summed E-state index contributed by atoms with van der Waals surface area (Å²) in [5, 5.41) is 8.95. The second kappa shape index (κ2) is 6.25. The van der Waals surface area contributed by atoms with Crippen molar-refractivity contribution in [1.29, 1.82) is 0 Å². The quantitative estimate of drug-likeness (QED) is 0.802. The first-order valence-electron chi connectivity index (χ1n) is 5.07. The third kappa shape index (κ3) is 3.64. The number of carboxylic acids is 1. The molecule has 0 aromatic heterocycles. The number of aromatic carboxylic acids is 1. The van der Waals surface area contributed by atoms with Crippen LogP contribution >= 0.6 is 0 Å². The highest BCUT2D eigenvalue weighted by atomic mass is 16.5. The van der Waals surface area contributed by atoms with E-state index >= 15 is 0 Å². The maximum atomic E-state index is 10.9. The van der Waals surface area contributed by atoms with Crippen LogP contribution in [-0.2, 0) is 16.1 Å². The average molecular weight is 224 g/mol. The largest absolute Gasteiger partial charge is 0.478 e. The molecule has 4 heteroatoms. The third-order valence-electron chi connectivity index (χ3n) is 2.17. The molecule has 1 rings (SSSR count). The molecule has 0 aliphatic carbocycles. The Morgan fingerprint density at radius 1 is 1.44 bits per heavy atom. The Morgan fingerprint density at radius 2 is 2.12 bits per heavy atom. The Morgan fingerprint density at radius 3 is 2.75 bits per heavy atom. The van der Waals surface area contributed by atoms with Gasteiger partial charge in [-0.1, -0.05) is 18.2 Å². The van der Waals surface area contributed by atoms with Crippen molar-refractivity contribution in [3.05, 3.63) is 35.4 Å². The number of carboxylic acid groups (broad SMARTS) is 1. The molecule has 1 N–H and O–H groups in total. The van der Waals surface area contributed by atoms with Crippen molar-refractivity contribution in [2.24, 2.45) is 0 Å². The molecule has 1 atom stereocenters. The van der Waals surface area contributed by atoms with Gasteiger partial charge in [-0.3, -0.25) is 0 Å². The van der Waals surface area contributed by atoms with Crippen LogP contribution in [0.2, 0.25) is 0 Å². The summed E-state index contributed by atoms with van der Waals surface area (Å²) in [5.74, 6) is -0.932. The van der Waals surface area contributed by atoms with E-state index in [-0.39, 0.29) is 18.3 Å². The Kier molecular flexibility index (Phi) is 4.95. The van der Waals surface area contributed by atoms with Crippen molar-refractivity contribution >= 4 is 5.97 Å². The Balaban J connectivity index is 2.63. The van der Waals surface area contributed by atoms with E-state index in [4.69, 9.17) is 14.6 Å². The van der Waals surface area contributed by atoms with E-state index in [0.717, 1.165) is 0 Å². The van der Waals surface area contributed by atoms with E-state index in [1.165, 1.54) is 0 Å². The van der Waals surface area contributed by atoms with E-state index in [1.807, 2.05) is 6.92 Å². The molecule has 4 nitrogen and oxygen atoms in total. The molecule has 0 aliphatic rings. The highest BCUT2D eigenvalue weighted by Crippen LogP contribution is 2.11. The lowest BCUT2D eigenvalue weighted by Crippen LogP contribution is -2.15. The van der Waals surface area contributed by atoms with Gasteiger partial charge in [0.25, 0.3) is 0 Å². The maximum Gasteiger partial charge on any atom is 0.336 e. The third-order valence-corrected chi connectivity index (χ3v) is 2.17. The van der Waals surface area contributed by atoms with Crippen molar-refractivity contribution in [3.8, 4) is 0 Å². The van der Waals surface area contributed by atoms with Crippen LogP contribution in [0.15, 0.2) is 24.3 Å². The Bertz CT molecular complexity index is 349. The summed E-state index contributed by atoms with van der Waals surface area (Å²) < 4.78 is 10.4. The number of hydrogen-bond donors (Lipinski definition) is 1. The first-order chi connectivity index (χ1) is 7.65. The predicted octanol–water partition coefficient (Wildman–Crippen LogP) is 1.94. The van der Waals surface area contributed by atoms with Gasteiger partial charge in [0.05, 0.1) is 24.9 Å². The summed E-state index contributed by atoms with van der Waals surface area (Å²) in [5.41, 5.74) is 0.963. The number of benzene rings is 1. The van der Waals surface area contributed by atoms with Gasteiger partial charge in [0.15, 0.2) is 0 Å². The van der Waals surface area contributed by atoms with Crippen LogP contribution < -0.4 is 0 Å². The van der Waals surface area contributed by atoms with Gasteiger partial charge in [0, 0.05) is 7.11 Å². The van der Waals surface area contributed by atoms with E-state index in [2.05, 4.69) is 0 Å². The van der Waals surface area contributed by atoms with Crippen LogP contribution in [0.4, 0.5) is 0 Å². The summed E-state index contributed by atoms with van der Waals surface area (Å²) in [7, 11) is 1.60. The number of hydrogen-bond acceptors (Lipinski definition) is 3. The highest BCUT2D eigenvalue weighted by Gasteiger charge is 2.10. The molecule has 1 aromatic rings. The second-order valence-electron chi connectivity index (χ2n) is 3.54. The molecule has 0 radical (unpaired) electrons. The molecule has 16 heavy (non-hydrogen) atoms. The number of rotatable bonds is 6. The summed E-state index contributed by atoms with van der Waals surface area (Å²) in [6.45, 7) is 2.66. The lowest BCUT2D eigenvalue weighted by atomic mass is 10.1. The summed E-state index contributed by atoms with van der Waals surface area (Å²) in [6, 6.07) is 6.82. The molecule has 0 bridgehead atoms. The minimum absolute atomic E-state index is 0.0492. The first-order valence-corrected chi connectivity index (χ1v) is 5.07. The first kappa shape index (κ1) is 12.7. The Labute approximate surface area is 94.8 Å². The minimum atomic E-state index is -0.932. The van der Waals surface area contributed by atoms with Crippen LogP contribution in [0.25, 0.3) is 0 Å². The molecule has 0 amide bonds. The van der Waals surface area contributed by atoms with Gasteiger partial charge < -0.3 is 14.6 Å². The molecular weight excluding hydrogens is 208 g/mol. The molecule has 1 unspecified atom stereocenters. The molecule has 1 aromatic carbocycles. The number of ether oxygens (including phenoxy) is 2. The second-order valence-corrected chi connectivity index (χ2v) is 3.54. The van der Waals surface area contributed by atoms with Crippen molar-refractivity contribution in [2.75, 3.05) is 13.7 Å². The zero-order chi connectivity index (χ0) is 12.0. The van der Waals surface area contributed by atoms with Gasteiger partial charge in [0.2, 0.25) is 0 Å². The molecule has 88 valence electrons. The van der Waals surface area contributed by atoms with Crippen molar-refractivity contribution in [3.63, 3.8) is 0 Å². The molecule has 0 saturated carbocycles. The predicted molar refractivity (Wildman–Crippen MR) is 59.5 cm³/mol. The van der Waals surface area contributed by atoms with Crippen LogP contribution in [0, 0.1) is 0 Å². The Hall–Kier alpha value is -1.39. The zero-order valence-corrected chi connectivity index (χ0v) is 9.47. The van der Waals surface area contributed by atoms with Crippen LogP contribution in [0.5, 0.6) is 0 Å². The number of carbonyl (C=O) groups is 1. The summed E-state index contributed by atoms with van der Waals surface area (Å²) in [4.78, 5) is 10.9. The molecule has 0 saturated heterocycles. The van der Waals surface area contributed by atoms with Crippen LogP contribution in [0.1, 0.15) is 22.8 Å². The maximum absolute atomic E-state index is 10.9. The normalized spacial score (nSPS) is 12.4. The summed E-state index contributed by atoms with van der Waals surface area (Å²) in [6.07, 6.45) is -0.0492. The van der Waals surface area contributed by atoms with Crippen LogP contribution in [0.3, 0.4) is 0 Å². The van der Waals surface area contributed by atoms with Gasteiger partial charge in [0.1, 0.15) is 0 Å². The molecule has 0 spiro atoms. The van der Waals surface area contributed by atoms with Gasteiger partial charge in [-0.2, -0.15) is 0 Å². The van der Waals surface area contributed by atoms with Crippen LogP contribution in [-0.4, -0.2) is 30.9 Å². The van der Waals surface area contributed by atoms with Gasteiger partial charge in [-0.25, -0.2) is 4.79 Å². The SMILES string of the molecule is COCC(C)OCc1ccccc1C(=O)O. The molecular formula is C12H16O4. The standard InChI is InChI=1S/C12H16O4/c1-9(7-15-2)16-8-10-5-3-4-6-11(10)12(13)14/h3-6,9H,7-8H2,1-2H3,(H,13,14). The van der Waals surface area contributed by atoms with Gasteiger partial charge >= 0.3 is 5.97 Å². The van der Waals surface area contributed by atoms with E-state index in [9.17, 15) is 4.79 Å². The summed E-state index contributed by atoms with van der Waals surface area (Å²) >= 11 is 0. The lowest BCUT2D eigenvalue weighted by Gasteiger charge is -2.13. The fourth-order valence-electron chi connectivity index (χ4n) is 1.37. The fraction of sp³-hybridized carbons (Fsp3) is 0.417. The van der Waals surface area contributed by atoms with Crippen molar-refractivity contribution < 1.29 is 19.4 Å². The molecule has 0 aliphatic heterocycles. The van der Waals surface area contributed by atoms with E-state index in [1.54, 1.807) is 31.4 Å². The zero-order valence-electron chi connectivity index (χ0n) is 9.47. The topological polar surface area (TPSA) is 55.8 Å². The monoisotopic (exact) mass is 224 g/mol. The van der Waals surface area contributed by atoms with Crippen molar-refractivity contribution in [2.45, 2.75) is 19.6 Å². The highest BCUT2D eigenvalue weighted by molar-refractivity contribution is 5.89. The van der Waals surface area contributed by atoms with Gasteiger partial charge in [-0.05, 0) is 18.6 Å². The minimum Gasteiger partial charge on any atom is -0.478 e. The number of methoxy groups -OCH3 is 1. The fourth-order valence-corrected chi connectivity index (χ4v) is 1.37. The van der Waals surface area contributed by atoms with E-state index < -0.39 is 5.97 Å². The smallest absolute Gasteiger partial charge is 0.336 e. The van der Waals surface area contributed by atoms with Crippen molar-refractivity contribution in [1.82, 2.24) is 0 Å². The molecule has 0 heterocycles. The van der Waals surface area contributed by atoms with Gasteiger partial charge in [-0.15, -0.1) is 0 Å². The van der Waals surface area contributed by atoms with E-state index in [0.29, 0.717) is 12.2 Å². The average Bonchev–Trinajstić information content (AvgIpc) is 2.27. The lowest BCUT2D eigenvalue weighted by molar-refractivity contribution is -0.000531.